The predicted octanol–water partition coefficient (Wildman–Crippen LogP) is 1.42. The molecule has 7 nitrogen and oxygen atoms in total. The number of hydrogen-bond acceptors (Lipinski definition) is 5. The second-order valence-corrected chi connectivity index (χ2v) is 4.47. The smallest absolute Gasteiger partial charge is 0.335 e. The fraction of sp³-hybridized carbons (Fsp3) is 0.308. The number of aromatic carboxylic acids is 1. The summed E-state index contributed by atoms with van der Waals surface area (Å²) in [6.45, 7) is 0.398. The van der Waals surface area contributed by atoms with Gasteiger partial charge in [-0.25, -0.2) is 4.79 Å². The fourth-order valence-corrected chi connectivity index (χ4v) is 1.63. The number of aromatic nitrogens is 1. The van der Waals surface area contributed by atoms with Crippen LogP contribution in [0.25, 0.3) is 11.1 Å². The molecule has 0 unspecified atom stereocenters. The van der Waals surface area contributed by atoms with Gasteiger partial charge in [-0.1, -0.05) is 0 Å². The zero-order valence-corrected chi connectivity index (χ0v) is 11.2. The molecule has 1 amide bonds. The van der Waals surface area contributed by atoms with E-state index in [4.69, 9.17) is 9.52 Å². The lowest BCUT2D eigenvalue weighted by Gasteiger charge is -2.09. The van der Waals surface area contributed by atoms with Crippen molar-refractivity contribution in [2.45, 2.75) is 6.42 Å². The number of carboxylic acid groups (broad SMARTS) is 1. The van der Waals surface area contributed by atoms with Gasteiger partial charge < -0.3 is 19.7 Å². The van der Waals surface area contributed by atoms with Crippen LogP contribution in [0, 0.1) is 0 Å². The van der Waals surface area contributed by atoms with Gasteiger partial charge in [-0.3, -0.25) is 4.79 Å². The van der Waals surface area contributed by atoms with Crippen LogP contribution in [0.1, 0.15) is 16.8 Å². The Kier molecular flexibility index (Phi) is 3.88. The third-order valence-corrected chi connectivity index (χ3v) is 2.75. The summed E-state index contributed by atoms with van der Waals surface area (Å²) in [4.78, 5) is 27.9. The third-order valence-electron chi connectivity index (χ3n) is 2.75. The molecule has 1 heterocycles. The molecule has 0 saturated heterocycles. The summed E-state index contributed by atoms with van der Waals surface area (Å²) < 4.78 is 5.39. The number of hydrogen-bond donors (Lipinski definition) is 2. The van der Waals surface area contributed by atoms with Crippen molar-refractivity contribution >= 4 is 29.0 Å². The van der Waals surface area contributed by atoms with Gasteiger partial charge >= 0.3 is 5.97 Å². The topological polar surface area (TPSA) is 95.7 Å². The molecule has 1 aromatic carbocycles. The number of nitrogens with one attached hydrogen (secondary N) is 1. The third kappa shape index (κ3) is 3.05. The number of carbonyl (C=O) groups is 2. The standard InChI is InChI=1S/C13H15N3O4/c1-16(2)11(17)5-6-14-13-15-9-4-3-8(12(18)19)7-10(9)20-13/h3-4,7H,5-6H2,1-2H3,(H,14,15)(H,18,19). The average Bonchev–Trinajstić information content (AvgIpc) is 2.79. The maximum absolute atomic E-state index is 11.4. The Bertz CT molecular complexity index is 648. The zero-order chi connectivity index (χ0) is 14.7. The molecule has 2 N–H and O–H groups in total. The first kappa shape index (κ1) is 13.9. The maximum Gasteiger partial charge on any atom is 0.335 e. The quantitative estimate of drug-likeness (QED) is 0.858. The number of anilines is 1. The van der Waals surface area contributed by atoms with Gasteiger partial charge in [-0.05, 0) is 18.2 Å². The Morgan fingerprint density at radius 1 is 1.40 bits per heavy atom. The molecule has 0 saturated carbocycles. The van der Waals surface area contributed by atoms with Gasteiger partial charge in [0.05, 0.1) is 5.56 Å². The van der Waals surface area contributed by atoms with Gasteiger partial charge in [0.25, 0.3) is 6.01 Å². The molecule has 1 aromatic heterocycles. The van der Waals surface area contributed by atoms with Crippen LogP contribution in [-0.2, 0) is 4.79 Å². The molecule has 0 aliphatic heterocycles. The summed E-state index contributed by atoms with van der Waals surface area (Å²) in [5, 5.41) is 11.8. The number of rotatable bonds is 5. The Morgan fingerprint density at radius 3 is 2.80 bits per heavy atom. The van der Waals surface area contributed by atoms with Crippen molar-refractivity contribution in [3.05, 3.63) is 23.8 Å². The number of nitrogens with zero attached hydrogens (tertiary/aromatic N) is 2. The van der Waals surface area contributed by atoms with Crippen molar-refractivity contribution < 1.29 is 19.1 Å². The highest BCUT2D eigenvalue weighted by atomic mass is 16.4. The minimum atomic E-state index is -1.02. The molecule has 20 heavy (non-hydrogen) atoms. The van der Waals surface area contributed by atoms with E-state index >= 15 is 0 Å². The van der Waals surface area contributed by atoms with Crippen LogP contribution in [0.3, 0.4) is 0 Å². The van der Waals surface area contributed by atoms with Gasteiger partial charge in [0.2, 0.25) is 5.91 Å². The number of carboxylic acids is 1. The van der Waals surface area contributed by atoms with E-state index in [1.165, 1.54) is 17.0 Å². The first-order chi connectivity index (χ1) is 9.47. The highest BCUT2D eigenvalue weighted by molar-refractivity contribution is 5.92. The number of amides is 1. The van der Waals surface area contributed by atoms with E-state index in [9.17, 15) is 9.59 Å². The van der Waals surface area contributed by atoms with Crippen molar-refractivity contribution in [2.24, 2.45) is 0 Å². The predicted molar refractivity (Wildman–Crippen MR) is 72.8 cm³/mol. The largest absolute Gasteiger partial charge is 0.478 e. The average molecular weight is 277 g/mol. The van der Waals surface area contributed by atoms with Crippen molar-refractivity contribution in [3.63, 3.8) is 0 Å². The van der Waals surface area contributed by atoms with Crippen LogP contribution < -0.4 is 5.32 Å². The first-order valence-electron chi connectivity index (χ1n) is 6.05. The van der Waals surface area contributed by atoms with E-state index in [0.29, 0.717) is 24.1 Å². The van der Waals surface area contributed by atoms with E-state index in [1.807, 2.05) is 0 Å². The number of benzene rings is 1. The summed E-state index contributed by atoms with van der Waals surface area (Å²) in [5.74, 6) is -1.02. The number of fused-ring (bicyclic) bond motifs is 1. The summed E-state index contributed by atoms with van der Waals surface area (Å²) >= 11 is 0. The number of carbonyl (C=O) groups excluding carboxylic acids is 1. The molecule has 2 rings (SSSR count). The van der Waals surface area contributed by atoms with Gasteiger partial charge in [0.15, 0.2) is 5.58 Å². The van der Waals surface area contributed by atoms with E-state index in [-0.39, 0.29) is 17.5 Å². The minimum Gasteiger partial charge on any atom is -0.478 e. The highest BCUT2D eigenvalue weighted by Gasteiger charge is 2.10. The molecule has 0 fully saturated rings. The fourth-order valence-electron chi connectivity index (χ4n) is 1.63. The second kappa shape index (κ2) is 5.60. The van der Waals surface area contributed by atoms with Crippen molar-refractivity contribution in [1.29, 1.82) is 0 Å². The molecule has 0 bridgehead atoms. The van der Waals surface area contributed by atoms with Crippen molar-refractivity contribution in [3.8, 4) is 0 Å². The summed E-state index contributed by atoms with van der Waals surface area (Å²) in [6, 6.07) is 4.74. The van der Waals surface area contributed by atoms with E-state index in [2.05, 4.69) is 10.3 Å². The lowest BCUT2D eigenvalue weighted by Crippen LogP contribution is -2.23. The van der Waals surface area contributed by atoms with Gasteiger partial charge in [-0.15, -0.1) is 0 Å². The van der Waals surface area contributed by atoms with Crippen LogP contribution in [0.5, 0.6) is 0 Å². The van der Waals surface area contributed by atoms with E-state index in [1.54, 1.807) is 20.2 Å². The first-order valence-corrected chi connectivity index (χ1v) is 6.05. The lowest BCUT2D eigenvalue weighted by atomic mass is 10.2. The Balaban J connectivity index is 2.05. The van der Waals surface area contributed by atoms with Gasteiger partial charge in [0, 0.05) is 27.1 Å². The molecule has 0 aliphatic carbocycles. The van der Waals surface area contributed by atoms with Crippen molar-refractivity contribution in [1.82, 2.24) is 9.88 Å². The Labute approximate surface area is 115 Å². The molecule has 7 heteroatoms. The van der Waals surface area contributed by atoms with E-state index in [0.717, 1.165) is 0 Å². The molecular formula is C13H15N3O4. The molecule has 0 radical (unpaired) electrons. The minimum absolute atomic E-state index is 0.00164. The molecule has 0 atom stereocenters. The van der Waals surface area contributed by atoms with Crippen LogP contribution in [-0.4, -0.2) is 47.5 Å². The normalized spacial score (nSPS) is 10.5. The molecule has 0 spiro atoms. The SMILES string of the molecule is CN(C)C(=O)CCNc1nc2ccc(C(=O)O)cc2o1. The maximum atomic E-state index is 11.4. The summed E-state index contributed by atoms with van der Waals surface area (Å²) in [5.41, 5.74) is 1.10. The van der Waals surface area contributed by atoms with Gasteiger partial charge in [0.1, 0.15) is 5.52 Å². The molecule has 106 valence electrons. The summed E-state index contributed by atoms with van der Waals surface area (Å²) in [6.07, 6.45) is 0.325. The Hall–Kier alpha value is -2.57. The summed E-state index contributed by atoms with van der Waals surface area (Å²) in [7, 11) is 3.38. The lowest BCUT2D eigenvalue weighted by molar-refractivity contribution is -0.128. The Morgan fingerprint density at radius 2 is 2.15 bits per heavy atom. The van der Waals surface area contributed by atoms with Crippen LogP contribution in [0.15, 0.2) is 22.6 Å². The molecular weight excluding hydrogens is 262 g/mol. The van der Waals surface area contributed by atoms with Crippen LogP contribution >= 0.6 is 0 Å². The zero-order valence-electron chi connectivity index (χ0n) is 11.2. The highest BCUT2D eigenvalue weighted by Crippen LogP contribution is 2.20. The monoisotopic (exact) mass is 277 g/mol. The van der Waals surface area contributed by atoms with E-state index < -0.39 is 5.97 Å². The molecule has 2 aromatic rings. The van der Waals surface area contributed by atoms with Crippen LogP contribution in [0.2, 0.25) is 0 Å². The second-order valence-electron chi connectivity index (χ2n) is 4.47. The molecule has 0 aliphatic rings. The van der Waals surface area contributed by atoms with Gasteiger partial charge in [-0.2, -0.15) is 4.98 Å². The number of oxazole rings is 1. The van der Waals surface area contributed by atoms with Crippen molar-refractivity contribution in [2.75, 3.05) is 26.0 Å². The van der Waals surface area contributed by atoms with Crippen LogP contribution in [0.4, 0.5) is 6.01 Å².